The highest BCUT2D eigenvalue weighted by molar-refractivity contribution is 5.89. The van der Waals surface area contributed by atoms with Crippen LogP contribution in [0.5, 0.6) is 0 Å². The summed E-state index contributed by atoms with van der Waals surface area (Å²) < 4.78 is 51.7. The van der Waals surface area contributed by atoms with E-state index in [1.54, 1.807) is 0 Å². The molecule has 2 aromatic carbocycles. The molecule has 0 bridgehead atoms. The van der Waals surface area contributed by atoms with Gasteiger partial charge in [0.1, 0.15) is 11.4 Å². The zero-order valence-electron chi connectivity index (χ0n) is 10.9. The van der Waals surface area contributed by atoms with Gasteiger partial charge in [-0.05, 0) is 29.8 Å². The van der Waals surface area contributed by atoms with E-state index in [1.807, 2.05) is 0 Å². The molecule has 3 nitrogen and oxygen atoms in total. The minimum atomic E-state index is -4.86. The third kappa shape index (κ3) is 3.49. The van der Waals surface area contributed by atoms with E-state index in [1.165, 1.54) is 24.3 Å². The van der Waals surface area contributed by atoms with Crippen molar-refractivity contribution in [3.05, 3.63) is 65.0 Å². The number of carboxylic acid groups (broad SMARTS) is 1. The summed E-state index contributed by atoms with van der Waals surface area (Å²) in [5.41, 5.74) is -1.55. The Kier molecular flexibility index (Phi) is 4.25. The van der Waals surface area contributed by atoms with Gasteiger partial charge in [-0.3, -0.25) is 4.99 Å². The highest BCUT2D eigenvalue weighted by Crippen LogP contribution is 2.37. The first-order valence-corrected chi connectivity index (χ1v) is 6.02. The molecular formula is C15H9F4NO2. The fraction of sp³-hybridized carbons (Fsp3) is 0.0667. The summed E-state index contributed by atoms with van der Waals surface area (Å²) >= 11 is 0. The number of hydrogen-bond donors (Lipinski definition) is 1. The lowest BCUT2D eigenvalue weighted by Gasteiger charge is -2.10. The van der Waals surface area contributed by atoms with Crippen molar-refractivity contribution in [2.24, 2.45) is 4.99 Å². The van der Waals surface area contributed by atoms with E-state index in [0.717, 1.165) is 18.3 Å². The number of carboxylic acids is 1. The molecule has 0 unspecified atom stereocenters. The second kappa shape index (κ2) is 5.97. The van der Waals surface area contributed by atoms with Gasteiger partial charge in [-0.2, -0.15) is 13.2 Å². The van der Waals surface area contributed by atoms with E-state index in [0.29, 0.717) is 11.6 Å². The summed E-state index contributed by atoms with van der Waals surface area (Å²) in [6.45, 7) is 0. The molecule has 0 fully saturated rings. The van der Waals surface area contributed by atoms with E-state index in [4.69, 9.17) is 5.11 Å². The Labute approximate surface area is 122 Å². The molecule has 0 aliphatic rings. The molecule has 2 rings (SSSR count). The second-order valence-corrected chi connectivity index (χ2v) is 4.32. The molecule has 0 aliphatic heterocycles. The number of aliphatic imine (C=N–C) groups is 1. The maximum absolute atomic E-state index is 13.4. The predicted octanol–water partition coefficient (Wildman–Crippen LogP) is 4.29. The topological polar surface area (TPSA) is 49.7 Å². The highest BCUT2D eigenvalue weighted by atomic mass is 19.4. The normalized spacial score (nSPS) is 11.8. The van der Waals surface area contributed by atoms with Crippen LogP contribution in [-0.2, 0) is 6.18 Å². The molecule has 0 aromatic heterocycles. The molecule has 0 aliphatic carbocycles. The van der Waals surface area contributed by atoms with Gasteiger partial charge in [-0.15, -0.1) is 0 Å². The summed E-state index contributed by atoms with van der Waals surface area (Å²) in [6.07, 6.45) is -3.75. The molecule has 0 atom stereocenters. The highest BCUT2D eigenvalue weighted by Gasteiger charge is 2.36. The lowest BCUT2D eigenvalue weighted by molar-refractivity contribution is -0.139. The van der Waals surface area contributed by atoms with Crippen molar-refractivity contribution < 1.29 is 27.5 Å². The van der Waals surface area contributed by atoms with E-state index in [9.17, 15) is 22.4 Å². The number of halogens is 4. The number of benzene rings is 2. The first-order chi connectivity index (χ1) is 10.3. The smallest absolute Gasteiger partial charge is 0.421 e. The largest absolute Gasteiger partial charge is 0.478 e. The SMILES string of the molecule is O=C(O)c1ccc(C=Nc2cccc(F)c2C(F)(F)F)cc1. The number of hydrogen-bond acceptors (Lipinski definition) is 2. The number of rotatable bonds is 3. The van der Waals surface area contributed by atoms with Crippen LogP contribution < -0.4 is 0 Å². The fourth-order valence-electron chi connectivity index (χ4n) is 1.76. The second-order valence-electron chi connectivity index (χ2n) is 4.32. The van der Waals surface area contributed by atoms with Crippen LogP contribution in [0.3, 0.4) is 0 Å². The van der Waals surface area contributed by atoms with Crippen LogP contribution in [0.4, 0.5) is 23.2 Å². The first kappa shape index (κ1) is 15.7. The van der Waals surface area contributed by atoms with Gasteiger partial charge in [0.05, 0.1) is 11.3 Å². The molecule has 0 radical (unpaired) electrons. The number of aromatic carboxylic acids is 1. The zero-order chi connectivity index (χ0) is 16.3. The van der Waals surface area contributed by atoms with Crippen LogP contribution in [-0.4, -0.2) is 17.3 Å². The van der Waals surface area contributed by atoms with Gasteiger partial charge >= 0.3 is 12.1 Å². The van der Waals surface area contributed by atoms with Gasteiger partial charge in [0, 0.05) is 6.21 Å². The minimum Gasteiger partial charge on any atom is -0.478 e. The lowest BCUT2D eigenvalue weighted by atomic mass is 10.1. The van der Waals surface area contributed by atoms with Crippen molar-refractivity contribution in [2.75, 3.05) is 0 Å². The quantitative estimate of drug-likeness (QED) is 0.679. The van der Waals surface area contributed by atoms with Crippen molar-refractivity contribution in [3.63, 3.8) is 0 Å². The number of carbonyl (C=O) groups is 1. The van der Waals surface area contributed by atoms with Crippen molar-refractivity contribution in [1.82, 2.24) is 0 Å². The molecule has 0 saturated heterocycles. The van der Waals surface area contributed by atoms with Crippen molar-refractivity contribution in [1.29, 1.82) is 0 Å². The lowest BCUT2D eigenvalue weighted by Crippen LogP contribution is -2.08. The maximum atomic E-state index is 13.4. The first-order valence-electron chi connectivity index (χ1n) is 6.02. The Hall–Kier alpha value is -2.70. The summed E-state index contributed by atoms with van der Waals surface area (Å²) in [4.78, 5) is 14.3. The van der Waals surface area contributed by atoms with Crippen molar-refractivity contribution >= 4 is 17.9 Å². The minimum absolute atomic E-state index is 0.0406. The Morgan fingerprint density at radius 1 is 1.09 bits per heavy atom. The van der Waals surface area contributed by atoms with Crippen LogP contribution in [0.1, 0.15) is 21.5 Å². The molecule has 0 amide bonds. The predicted molar refractivity (Wildman–Crippen MR) is 72.1 cm³/mol. The molecule has 2 aromatic rings. The van der Waals surface area contributed by atoms with Crippen LogP contribution in [0.15, 0.2) is 47.5 Å². The van der Waals surface area contributed by atoms with Gasteiger partial charge in [-0.1, -0.05) is 18.2 Å². The summed E-state index contributed by atoms with van der Waals surface area (Å²) in [7, 11) is 0. The summed E-state index contributed by atoms with van der Waals surface area (Å²) in [5.74, 6) is -2.52. The monoisotopic (exact) mass is 311 g/mol. The fourth-order valence-corrected chi connectivity index (χ4v) is 1.76. The van der Waals surface area contributed by atoms with Crippen molar-refractivity contribution in [2.45, 2.75) is 6.18 Å². The number of alkyl halides is 3. The third-order valence-electron chi connectivity index (χ3n) is 2.79. The average Bonchev–Trinajstić information content (AvgIpc) is 2.44. The molecule has 0 spiro atoms. The Morgan fingerprint density at radius 2 is 1.73 bits per heavy atom. The Bertz CT molecular complexity index is 721. The summed E-state index contributed by atoms with van der Waals surface area (Å²) in [6, 6.07) is 8.25. The Morgan fingerprint density at radius 3 is 2.27 bits per heavy atom. The molecule has 22 heavy (non-hydrogen) atoms. The molecule has 0 saturated carbocycles. The van der Waals surface area contributed by atoms with E-state index < -0.39 is 29.2 Å². The average molecular weight is 311 g/mol. The molecule has 1 N–H and O–H groups in total. The molecule has 114 valence electrons. The maximum Gasteiger partial charge on any atom is 0.421 e. The van der Waals surface area contributed by atoms with Crippen LogP contribution in [0.25, 0.3) is 0 Å². The molecule has 0 heterocycles. The zero-order valence-corrected chi connectivity index (χ0v) is 10.9. The molecule has 7 heteroatoms. The van der Waals surface area contributed by atoms with Gasteiger partial charge in [0.15, 0.2) is 0 Å². The summed E-state index contributed by atoms with van der Waals surface area (Å²) in [5, 5.41) is 8.74. The van der Waals surface area contributed by atoms with E-state index >= 15 is 0 Å². The van der Waals surface area contributed by atoms with E-state index in [2.05, 4.69) is 4.99 Å². The molecular weight excluding hydrogens is 302 g/mol. The van der Waals surface area contributed by atoms with Crippen LogP contribution >= 0.6 is 0 Å². The third-order valence-corrected chi connectivity index (χ3v) is 2.79. The van der Waals surface area contributed by atoms with Crippen LogP contribution in [0.2, 0.25) is 0 Å². The van der Waals surface area contributed by atoms with Gasteiger partial charge in [0.25, 0.3) is 0 Å². The van der Waals surface area contributed by atoms with Gasteiger partial charge in [0.2, 0.25) is 0 Å². The van der Waals surface area contributed by atoms with Gasteiger partial charge in [-0.25, -0.2) is 9.18 Å². The Balaban J connectivity index is 2.34. The van der Waals surface area contributed by atoms with Crippen LogP contribution in [0, 0.1) is 5.82 Å². The number of nitrogens with zero attached hydrogens (tertiary/aromatic N) is 1. The van der Waals surface area contributed by atoms with E-state index in [-0.39, 0.29) is 5.56 Å². The van der Waals surface area contributed by atoms with Crippen molar-refractivity contribution in [3.8, 4) is 0 Å². The standard InChI is InChI=1S/C15H9F4NO2/c16-11-2-1-3-12(13(11)15(17,18)19)20-8-9-4-6-10(7-5-9)14(21)22/h1-8H,(H,21,22). The van der Waals surface area contributed by atoms with Gasteiger partial charge < -0.3 is 5.11 Å².